The molecule has 3 saturated heterocycles. The topological polar surface area (TPSA) is 24.9 Å². The van der Waals surface area contributed by atoms with Crippen molar-refractivity contribution in [2.75, 3.05) is 39.3 Å². The van der Waals surface area contributed by atoms with Crippen LogP contribution in [-0.2, 0) is 9.47 Å². The summed E-state index contributed by atoms with van der Waals surface area (Å²) in [4.78, 5) is 4.91. The van der Waals surface area contributed by atoms with Gasteiger partial charge in [0.2, 0.25) is 0 Å². The molecule has 134 valence electrons. The number of nitrogens with zero attached hydrogens (tertiary/aromatic N) is 2. The van der Waals surface area contributed by atoms with Crippen molar-refractivity contribution in [1.29, 1.82) is 0 Å². The Balaban J connectivity index is 1.59. The van der Waals surface area contributed by atoms with Crippen molar-refractivity contribution in [2.45, 2.75) is 70.6 Å². The Bertz CT molecular complexity index is 398. The van der Waals surface area contributed by atoms with Gasteiger partial charge in [-0.05, 0) is 40.0 Å². The lowest BCUT2D eigenvalue weighted by molar-refractivity contribution is -0.0713. The zero-order valence-electron chi connectivity index (χ0n) is 15.1. The number of fused-ring (bicyclic) bond motifs is 1. The van der Waals surface area contributed by atoms with Crippen LogP contribution in [0.2, 0.25) is 0 Å². The monoisotopic (exact) mass is 328 g/mol. The van der Waals surface area contributed by atoms with Crippen LogP contribution in [-0.4, -0.2) is 79.2 Å². The summed E-state index contributed by atoms with van der Waals surface area (Å²) in [7, 11) is 0. The van der Waals surface area contributed by atoms with Gasteiger partial charge >= 0.3 is 0 Å². The molecule has 3 rings (SSSR count). The van der Waals surface area contributed by atoms with Gasteiger partial charge in [0.1, 0.15) is 6.17 Å². The molecule has 4 nitrogen and oxygen atoms in total. The van der Waals surface area contributed by atoms with Crippen LogP contribution in [0.4, 0.5) is 4.39 Å². The first-order valence-corrected chi connectivity index (χ1v) is 9.25. The quantitative estimate of drug-likeness (QED) is 0.773. The van der Waals surface area contributed by atoms with Crippen molar-refractivity contribution >= 4 is 0 Å². The molecule has 0 aromatic rings. The van der Waals surface area contributed by atoms with E-state index in [2.05, 4.69) is 37.5 Å². The van der Waals surface area contributed by atoms with Crippen molar-refractivity contribution in [1.82, 2.24) is 9.80 Å². The molecule has 0 amide bonds. The number of ether oxygens (including phenoxy) is 2. The summed E-state index contributed by atoms with van der Waals surface area (Å²) in [5.74, 6) is 0.621. The zero-order valence-corrected chi connectivity index (χ0v) is 15.1. The molecule has 0 bridgehead atoms. The Kier molecular flexibility index (Phi) is 5.31. The van der Waals surface area contributed by atoms with Crippen LogP contribution in [0.5, 0.6) is 0 Å². The standard InChI is InChI=1S/C18H33FN2O2/c1-13(2)22-12-18-5-16(10-21(18)11-17(19)6-18)9-20-7-14(3)23-15(4)8-20/h13-17H,5-12H2,1-4H3/t14-,15+,16-,17-,18?/m1/s1. The summed E-state index contributed by atoms with van der Waals surface area (Å²) in [6, 6.07) is 0. The number of hydrogen-bond donors (Lipinski definition) is 0. The van der Waals surface area contributed by atoms with Crippen molar-refractivity contribution < 1.29 is 13.9 Å². The molecule has 5 heteroatoms. The number of halogens is 1. The molecular weight excluding hydrogens is 295 g/mol. The van der Waals surface area contributed by atoms with E-state index < -0.39 is 6.17 Å². The summed E-state index contributed by atoms with van der Waals surface area (Å²) < 4.78 is 25.7. The highest BCUT2D eigenvalue weighted by atomic mass is 19.1. The fourth-order valence-electron chi connectivity index (χ4n) is 4.88. The SMILES string of the molecule is CC(C)OCC12C[C@@H](F)CN1C[C@@H](CN1C[C@@H](C)O[C@@H](C)C1)C2. The first-order chi connectivity index (χ1) is 10.9. The fourth-order valence-corrected chi connectivity index (χ4v) is 4.88. The average molecular weight is 328 g/mol. The van der Waals surface area contributed by atoms with Crippen LogP contribution >= 0.6 is 0 Å². The second-order valence-corrected chi connectivity index (χ2v) is 8.34. The van der Waals surface area contributed by atoms with E-state index in [1.807, 2.05) is 0 Å². The molecule has 23 heavy (non-hydrogen) atoms. The van der Waals surface area contributed by atoms with Gasteiger partial charge < -0.3 is 9.47 Å². The molecule has 0 N–H and O–H groups in total. The molecule has 0 aliphatic carbocycles. The molecule has 0 spiro atoms. The van der Waals surface area contributed by atoms with E-state index in [0.29, 0.717) is 37.7 Å². The number of morpholine rings is 1. The molecular formula is C18H33FN2O2. The maximum atomic E-state index is 14.0. The molecule has 3 fully saturated rings. The third kappa shape index (κ3) is 4.06. The lowest BCUT2D eigenvalue weighted by Gasteiger charge is -2.36. The maximum Gasteiger partial charge on any atom is 0.115 e. The van der Waals surface area contributed by atoms with E-state index in [1.54, 1.807) is 0 Å². The highest BCUT2D eigenvalue weighted by Crippen LogP contribution is 2.43. The fraction of sp³-hybridized carbons (Fsp3) is 1.00. The highest BCUT2D eigenvalue weighted by molar-refractivity contribution is 5.06. The number of rotatable bonds is 5. The van der Waals surface area contributed by atoms with Gasteiger partial charge in [0, 0.05) is 44.7 Å². The normalized spacial score (nSPS) is 42.5. The van der Waals surface area contributed by atoms with E-state index in [4.69, 9.17) is 9.47 Å². The molecule has 0 radical (unpaired) electrons. The zero-order chi connectivity index (χ0) is 16.6. The summed E-state index contributed by atoms with van der Waals surface area (Å²) in [6.45, 7) is 13.9. The molecule has 3 aliphatic rings. The van der Waals surface area contributed by atoms with Gasteiger partial charge in [0.05, 0.1) is 24.9 Å². The highest BCUT2D eigenvalue weighted by Gasteiger charge is 2.52. The molecule has 0 saturated carbocycles. The largest absolute Gasteiger partial charge is 0.377 e. The van der Waals surface area contributed by atoms with Crippen LogP contribution in [0.25, 0.3) is 0 Å². The first kappa shape index (κ1) is 17.6. The van der Waals surface area contributed by atoms with E-state index in [1.165, 1.54) is 0 Å². The number of alkyl halides is 1. The molecule has 0 aromatic carbocycles. The van der Waals surface area contributed by atoms with Gasteiger partial charge in [-0.3, -0.25) is 9.80 Å². The van der Waals surface area contributed by atoms with Crippen LogP contribution in [0.3, 0.4) is 0 Å². The Morgan fingerprint density at radius 1 is 1.13 bits per heavy atom. The molecule has 0 aromatic heterocycles. The van der Waals surface area contributed by atoms with Crippen molar-refractivity contribution in [3.8, 4) is 0 Å². The average Bonchev–Trinajstić information content (AvgIpc) is 2.87. The van der Waals surface area contributed by atoms with Crippen molar-refractivity contribution in [3.63, 3.8) is 0 Å². The van der Waals surface area contributed by atoms with E-state index >= 15 is 0 Å². The first-order valence-electron chi connectivity index (χ1n) is 9.25. The lowest BCUT2D eigenvalue weighted by Crippen LogP contribution is -2.47. The summed E-state index contributed by atoms with van der Waals surface area (Å²) >= 11 is 0. The van der Waals surface area contributed by atoms with Gasteiger partial charge in [0.15, 0.2) is 0 Å². The molecule has 5 atom stereocenters. The van der Waals surface area contributed by atoms with Gasteiger partial charge in [-0.15, -0.1) is 0 Å². The third-order valence-electron chi connectivity index (χ3n) is 5.53. The predicted octanol–water partition coefficient (Wildman–Crippen LogP) is 2.32. The Labute approximate surface area is 140 Å². The Morgan fingerprint density at radius 3 is 2.48 bits per heavy atom. The summed E-state index contributed by atoms with van der Waals surface area (Å²) in [5, 5.41) is 0. The molecule has 3 aliphatic heterocycles. The van der Waals surface area contributed by atoms with Crippen LogP contribution in [0.15, 0.2) is 0 Å². The van der Waals surface area contributed by atoms with Crippen LogP contribution in [0, 0.1) is 5.92 Å². The van der Waals surface area contributed by atoms with Crippen LogP contribution in [0.1, 0.15) is 40.5 Å². The summed E-state index contributed by atoms with van der Waals surface area (Å²) in [5.41, 5.74) is -0.0577. The minimum absolute atomic E-state index is 0.0577. The van der Waals surface area contributed by atoms with Gasteiger partial charge in [-0.25, -0.2) is 4.39 Å². The smallest absolute Gasteiger partial charge is 0.115 e. The second kappa shape index (κ2) is 6.95. The lowest BCUT2D eigenvalue weighted by atomic mass is 9.90. The minimum Gasteiger partial charge on any atom is -0.377 e. The number of hydrogen-bond acceptors (Lipinski definition) is 4. The van der Waals surface area contributed by atoms with E-state index in [9.17, 15) is 4.39 Å². The summed E-state index contributed by atoms with van der Waals surface area (Å²) in [6.07, 6.45) is 1.87. The second-order valence-electron chi connectivity index (χ2n) is 8.34. The van der Waals surface area contributed by atoms with Crippen molar-refractivity contribution in [3.05, 3.63) is 0 Å². The molecule has 3 heterocycles. The minimum atomic E-state index is -0.685. The van der Waals surface area contributed by atoms with Crippen LogP contribution < -0.4 is 0 Å². The van der Waals surface area contributed by atoms with E-state index in [-0.39, 0.29) is 11.6 Å². The van der Waals surface area contributed by atoms with Gasteiger partial charge in [-0.2, -0.15) is 0 Å². The van der Waals surface area contributed by atoms with Crippen molar-refractivity contribution in [2.24, 2.45) is 5.92 Å². The van der Waals surface area contributed by atoms with Gasteiger partial charge in [0.25, 0.3) is 0 Å². The maximum absolute atomic E-state index is 14.0. The van der Waals surface area contributed by atoms with Gasteiger partial charge in [-0.1, -0.05) is 0 Å². The Hall–Kier alpha value is -0.230. The molecule has 1 unspecified atom stereocenters. The van der Waals surface area contributed by atoms with E-state index in [0.717, 1.165) is 32.6 Å². The Morgan fingerprint density at radius 2 is 1.83 bits per heavy atom. The predicted molar refractivity (Wildman–Crippen MR) is 89.5 cm³/mol. The third-order valence-corrected chi connectivity index (χ3v) is 5.53.